The van der Waals surface area contributed by atoms with Crippen LogP contribution in [0.5, 0.6) is 5.75 Å². The Morgan fingerprint density at radius 2 is 2.08 bits per heavy atom. The molecule has 194 valence electrons. The van der Waals surface area contributed by atoms with E-state index in [0.29, 0.717) is 29.1 Å². The van der Waals surface area contributed by atoms with Crippen LogP contribution in [-0.4, -0.2) is 55.3 Å². The summed E-state index contributed by atoms with van der Waals surface area (Å²) in [5.74, 6) is 0.0271. The van der Waals surface area contributed by atoms with Gasteiger partial charge in [-0.2, -0.15) is 10.2 Å². The van der Waals surface area contributed by atoms with Crippen molar-refractivity contribution in [3.05, 3.63) is 53.1 Å². The van der Waals surface area contributed by atoms with Crippen molar-refractivity contribution >= 4 is 15.9 Å². The van der Waals surface area contributed by atoms with E-state index < -0.39 is 27.7 Å². The van der Waals surface area contributed by atoms with E-state index in [9.17, 15) is 18.5 Å². The number of carbonyl (C=O) groups is 1. The molecule has 0 spiro atoms. The van der Waals surface area contributed by atoms with Gasteiger partial charge in [-0.05, 0) is 62.4 Å². The average molecular weight is 524 g/mol. The molecule has 1 amide bonds. The van der Waals surface area contributed by atoms with Crippen molar-refractivity contribution in [1.82, 2.24) is 19.8 Å². The van der Waals surface area contributed by atoms with Gasteiger partial charge in [0, 0.05) is 31.3 Å². The number of nitrogens with one attached hydrogen (secondary N) is 1. The number of sulfonamides is 1. The minimum atomic E-state index is -3.82. The zero-order chi connectivity index (χ0) is 26.7. The number of hydrogen-bond donors (Lipinski definition) is 1. The number of ether oxygens (including phenoxy) is 1. The number of carbonyl (C=O) groups excluding carboxylic acids is 1. The largest absolute Gasteiger partial charge is 0.490 e. The average Bonchev–Trinajstić information content (AvgIpc) is 3.33. The Balaban J connectivity index is 1.62. The first-order chi connectivity index (χ1) is 17.6. The summed E-state index contributed by atoms with van der Waals surface area (Å²) in [6.45, 7) is 3.78. The van der Waals surface area contributed by atoms with Gasteiger partial charge >= 0.3 is 0 Å². The van der Waals surface area contributed by atoms with Gasteiger partial charge in [0.15, 0.2) is 0 Å². The van der Waals surface area contributed by atoms with E-state index in [1.165, 1.54) is 19.0 Å². The molecule has 0 bridgehead atoms. The standard InChI is InChI=1S/C26H29N5O5S/c1-16(2)35-23-12-11-17(13-18(23)14-27)26-28-25(29-36-26)21-9-5-8-20-19(21)7-6-10-22(20)30-37(33,34)15-24(32)31(3)4/h5,8-9,11-13,16,22,30H,6-7,10,15H2,1-4H3. The van der Waals surface area contributed by atoms with Crippen LogP contribution in [0.2, 0.25) is 0 Å². The summed E-state index contributed by atoms with van der Waals surface area (Å²) < 4.78 is 39.2. The van der Waals surface area contributed by atoms with Crippen LogP contribution in [0.1, 0.15) is 49.4 Å². The van der Waals surface area contributed by atoms with Crippen LogP contribution in [0, 0.1) is 11.3 Å². The molecule has 0 radical (unpaired) electrons. The number of nitrogens with zero attached hydrogens (tertiary/aromatic N) is 4. The lowest BCUT2D eigenvalue weighted by molar-refractivity contribution is -0.125. The number of rotatable bonds is 8. The zero-order valence-corrected chi connectivity index (χ0v) is 22.0. The molecule has 11 heteroatoms. The van der Waals surface area contributed by atoms with E-state index in [1.54, 1.807) is 18.2 Å². The third-order valence-electron chi connectivity index (χ3n) is 6.02. The molecule has 1 atom stereocenters. The minimum absolute atomic E-state index is 0.0704. The fourth-order valence-corrected chi connectivity index (χ4v) is 5.63. The summed E-state index contributed by atoms with van der Waals surface area (Å²) in [6.07, 6.45) is 2.03. The number of aromatic nitrogens is 2. The molecule has 10 nitrogen and oxygen atoms in total. The van der Waals surface area contributed by atoms with E-state index in [2.05, 4.69) is 20.9 Å². The van der Waals surface area contributed by atoms with Gasteiger partial charge < -0.3 is 14.2 Å². The molecular formula is C26H29N5O5S. The first-order valence-electron chi connectivity index (χ1n) is 11.9. The number of nitriles is 1. The lowest BCUT2D eigenvalue weighted by Crippen LogP contribution is -2.38. The van der Waals surface area contributed by atoms with Gasteiger partial charge in [-0.1, -0.05) is 23.4 Å². The smallest absolute Gasteiger partial charge is 0.258 e. The minimum Gasteiger partial charge on any atom is -0.490 e. The van der Waals surface area contributed by atoms with E-state index >= 15 is 0 Å². The lowest BCUT2D eigenvalue weighted by Gasteiger charge is -2.27. The van der Waals surface area contributed by atoms with Crippen LogP contribution in [0.3, 0.4) is 0 Å². The number of hydrogen-bond acceptors (Lipinski definition) is 8. The van der Waals surface area contributed by atoms with Gasteiger partial charge in [-0.3, -0.25) is 4.79 Å². The zero-order valence-electron chi connectivity index (χ0n) is 21.2. The monoisotopic (exact) mass is 523 g/mol. The molecule has 4 rings (SSSR count). The highest BCUT2D eigenvalue weighted by Gasteiger charge is 2.29. The highest BCUT2D eigenvalue weighted by atomic mass is 32.2. The van der Waals surface area contributed by atoms with Crippen molar-refractivity contribution in [1.29, 1.82) is 5.26 Å². The topological polar surface area (TPSA) is 138 Å². The maximum atomic E-state index is 12.6. The van der Waals surface area contributed by atoms with Crippen molar-refractivity contribution in [2.24, 2.45) is 0 Å². The Hall–Kier alpha value is -3.75. The molecule has 37 heavy (non-hydrogen) atoms. The fourth-order valence-electron chi connectivity index (χ4n) is 4.29. The van der Waals surface area contributed by atoms with Gasteiger partial charge in [-0.25, -0.2) is 13.1 Å². The fraction of sp³-hybridized carbons (Fsp3) is 0.385. The number of fused-ring (bicyclic) bond motifs is 1. The van der Waals surface area contributed by atoms with Gasteiger partial charge in [0.2, 0.25) is 21.8 Å². The van der Waals surface area contributed by atoms with Gasteiger partial charge in [0.1, 0.15) is 17.6 Å². The summed E-state index contributed by atoms with van der Waals surface area (Å²) in [4.78, 5) is 17.8. The molecule has 0 saturated heterocycles. The van der Waals surface area contributed by atoms with E-state index in [1.807, 2.05) is 32.0 Å². The molecule has 1 aromatic heterocycles. The molecule has 0 fully saturated rings. The van der Waals surface area contributed by atoms with Crippen LogP contribution in [0.25, 0.3) is 22.8 Å². The SMILES string of the molecule is CC(C)Oc1ccc(-c2nc(-c3cccc4c3CCCC4NS(=O)(=O)CC(=O)N(C)C)no2)cc1C#N. The molecule has 0 aliphatic heterocycles. The maximum absolute atomic E-state index is 12.6. The number of benzene rings is 2. The number of amides is 1. The van der Waals surface area contributed by atoms with E-state index in [-0.39, 0.29) is 12.0 Å². The lowest BCUT2D eigenvalue weighted by atomic mass is 9.85. The first kappa shape index (κ1) is 26.3. The Morgan fingerprint density at radius 3 is 2.78 bits per heavy atom. The second-order valence-corrected chi connectivity index (χ2v) is 11.1. The molecular weight excluding hydrogens is 494 g/mol. The highest BCUT2D eigenvalue weighted by molar-refractivity contribution is 7.90. The summed E-state index contributed by atoms with van der Waals surface area (Å²) in [6, 6.07) is 12.4. The second kappa shape index (κ2) is 10.7. The van der Waals surface area contributed by atoms with Gasteiger partial charge in [-0.15, -0.1) is 0 Å². The molecule has 2 aromatic carbocycles. The van der Waals surface area contributed by atoms with Crippen LogP contribution in [0.4, 0.5) is 0 Å². The first-order valence-corrected chi connectivity index (χ1v) is 13.6. The molecule has 1 heterocycles. The van der Waals surface area contributed by atoms with Crippen LogP contribution in [-0.2, 0) is 21.2 Å². The second-order valence-electron chi connectivity index (χ2n) is 9.40. The van der Waals surface area contributed by atoms with Gasteiger partial charge in [0.05, 0.1) is 11.7 Å². The predicted molar refractivity (Wildman–Crippen MR) is 137 cm³/mol. The van der Waals surface area contributed by atoms with Gasteiger partial charge in [0.25, 0.3) is 5.89 Å². The van der Waals surface area contributed by atoms with Crippen LogP contribution >= 0.6 is 0 Å². The van der Waals surface area contributed by atoms with Crippen LogP contribution in [0.15, 0.2) is 40.9 Å². The Kier molecular flexibility index (Phi) is 7.61. The molecule has 1 unspecified atom stereocenters. The normalized spacial score (nSPS) is 15.2. The maximum Gasteiger partial charge on any atom is 0.258 e. The summed E-state index contributed by atoms with van der Waals surface area (Å²) in [5.41, 5.74) is 3.48. The molecule has 1 N–H and O–H groups in total. The van der Waals surface area contributed by atoms with Crippen LogP contribution < -0.4 is 9.46 Å². The summed E-state index contributed by atoms with van der Waals surface area (Å²) >= 11 is 0. The third-order valence-corrected chi connectivity index (χ3v) is 7.29. The van der Waals surface area contributed by atoms with Crippen molar-refractivity contribution in [2.45, 2.75) is 45.3 Å². The summed E-state index contributed by atoms with van der Waals surface area (Å²) in [7, 11) is -0.779. The van der Waals surface area contributed by atoms with E-state index in [0.717, 1.165) is 29.5 Å². The van der Waals surface area contributed by atoms with Crippen molar-refractivity contribution in [3.63, 3.8) is 0 Å². The molecule has 1 aliphatic carbocycles. The van der Waals surface area contributed by atoms with Crippen molar-refractivity contribution in [3.8, 4) is 34.7 Å². The predicted octanol–water partition coefficient (Wildman–Crippen LogP) is 3.45. The van der Waals surface area contributed by atoms with Crippen molar-refractivity contribution in [2.75, 3.05) is 19.8 Å². The Labute approximate surface area is 216 Å². The highest BCUT2D eigenvalue weighted by Crippen LogP contribution is 2.36. The molecule has 1 aliphatic rings. The molecule has 3 aromatic rings. The van der Waals surface area contributed by atoms with Crippen molar-refractivity contribution < 1.29 is 22.5 Å². The third kappa shape index (κ3) is 5.98. The van der Waals surface area contributed by atoms with E-state index in [4.69, 9.17) is 9.26 Å². The Bertz CT molecular complexity index is 1460. The quantitative estimate of drug-likeness (QED) is 0.474. The summed E-state index contributed by atoms with van der Waals surface area (Å²) in [5, 5.41) is 13.7. The molecule has 0 saturated carbocycles. The Morgan fingerprint density at radius 1 is 1.30 bits per heavy atom.